The van der Waals surface area contributed by atoms with Gasteiger partial charge in [-0.1, -0.05) is 41.9 Å². The molecular formula is C28H31ClN2O6S. The third-order valence-corrected chi connectivity index (χ3v) is 8.86. The highest BCUT2D eigenvalue weighted by Crippen LogP contribution is 2.25. The van der Waals surface area contributed by atoms with Crippen LogP contribution in [-0.2, 0) is 32.6 Å². The van der Waals surface area contributed by atoms with E-state index in [4.69, 9.17) is 21.1 Å². The van der Waals surface area contributed by atoms with Crippen LogP contribution in [0.1, 0.15) is 50.5 Å². The number of Topliss-reactive ketones (excluding diaryl/α,β-unsaturated/α-hetero) is 1. The smallest absolute Gasteiger partial charge is 0.340 e. The average Bonchev–Trinajstić information content (AvgIpc) is 3.51. The van der Waals surface area contributed by atoms with Gasteiger partial charge in [0.1, 0.15) is 0 Å². The summed E-state index contributed by atoms with van der Waals surface area (Å²) in [5, 5.41) is 0.0295. The number of nitrogens with zero attached hydrogens (tertiary/aromatic N) is 2. The SMILES string of the molecule is Cc1cc(C(=O)COC(=O)c2cc(S(=O)(=O)N(C)Cc3ccccc3)ccc2Cl)c(C)n1C[C@@H]1CCCO1. The van der Waals surface area contributed by atoms with Crippen LogP contribution in [0.5, 0.6) is 0 Å². The van der Waals surface area contributed by atoms with Gasteiger partial charge >= 0.3 is 5.97 Å². The van der Waals surface area contributed by atoms with Crippen molar-refractivity contribution in [2.45, 2.75) is 50.8 Å². The lowest BCUT2D eigenvalue weighted by Crippen LogP contribution is -2.26. The predicted octanol–water partition coefficient (Wildman–Crippen LogP) is 4.80. The number of halogens is 1. The van der Waals surface area contributed by atoms with Gasteiger partial charge in [0.05, 0.1) is 21.6 Å². The molecular weight excluding hydrogens is 528 g/mol. The van der Waals surface area contributed by atoms with E-state index < -0.39 is 22.6 Å². The van der Waals surface area contributed by atoms with E-state index >= 15 is 0 Å². The van der Waals surface area contributed by atoms with E-state index in [0.717, 1.165) is 36.4 Å². The minimum absolute atomic E-state index is 0.0295. The number of hydrogen-bond donors (Lipinski definition) is 0. The third-order valence-electron chi connectivity index (χ3n) is 6.73. The summed E-state index contributed by atoms with van der Waals surface area (Å²) in [5.74, 6) is -1.23. The lowest BCUT2D eigenvalue weighted by atomic mass is 10.1. The Morgan fingerprint density at radius 1 is 1.11 bits per heavy atom. The van der Waals surface area contributed by atoms with Gasteiger partial charge in [-0.3, -0.25) is 4.79 Å². The lowest BCUT2D eigenvalue weighted by Gasteiger charge is -2.18. The number of carbonyl (C=O) groups is 2. The molecule has 0 saturated carbocycles. The van der Waals surface area contributed by atoms with E-state index in [1.54, 1.807) is 6.07 Å². The summed E-state index contributed by atoms with van der Waals surface area (Å²) in [6.07, 6.45) is 2.13. The predicted molar refractivity (Wildman–Crippen MR) is 144 cm³/mol. The number of sulfonamides is 1. The van der Waals surface area contributed by atoms with Gasteiger partial charge in [0, 0.05) is 43.7 Å². The minimum Gasteiger partial charge on any atom is -0.454 e. The highest BCUT2D eigenvalue weighted by molar-refractivity contribution is 7.89. The van der Waals surface area contributed by atoms with E-state index in [-0.39, 0.29) is 33.9 Å². The first-order valence-corrected chi connectivity index (χ1v) is 14.2. The minimum atomic E-state index is -3.91. The first-order chi connectivity index (χ1) is 18.1. The molecule has 1 aliphatic rings. The van der Waals surface area contributed by atoms with Crippen LogP contribution in [0.25, 0.3) is 0 Å². The normalized spacial score (nSPS) is 15.7. The largest absolute Gasteiger partial charge is 0.454 e. The monoisotopic (exact) mass is 558 g/mol. The number of aromatic nitrogens is 1. The molecule has 10 heteroatoms. The van der Waals surface area contributed by atoms with Crippen molar-refractivity contribution in [2.24, 2.45) is 0 Å². The van der Waals surface area contributed by atoms with Crippen molar-refractivity contribution in [3.05, 3.63) is 87.7 Å². The lowest BCUT2D eigenvalue weighted by molar-refractivity contribution is 0.0474. The van der Waals surface area contributed by atoms with E-state index in [1.165, 1.54) is 29.6 Å². The molecule has 1 saturated heterocycles. The number of benzene rings is 2. The second-order valence-corrected chi connectivity index (χ2v) is 11.9. The fourth-order valence-corrected chi connectivity index (χ4v) is 5.95. The van der Waals surface area contributed by atoms with Gasteiger partial charge in [-0.05, 0) is 56.5 Å². The molecule has 0 amide bonds. The van der Waals surface area contributed by atoms with Crippen LogP contribution < -0.4 is 0 Å². The second-order valence-electron chi connectivity index (χ2n) is 9.42. The maximum Gasteiger partial charge on any atom is 0.340 e. The van der Waals surface area contributed by atoms with E-state index in [0.29, 0.717) is 12.1 Å². The molecule has 0 spiro atoms. The van der Waals surface area contributed by atoms with Crippen LogP contribution >= 0.6 is 11.6 Å². The molecule has 1 atom stereocenters. The van der Waals surface area contributed by atoms with Crippen molar-refractivity contribution in [3.8, 4) is 0 Å². The summed E-state index contributed by atoms with van der Waals surface area (Å²) in [6, 6.07) is 14.8. The number of carbonyl (C=O) groups excluding carboxylic acids is 2. The molecule has 1 aromatic heterocycles. The zero-order valence-corrected chi connectivity index (χ0v) is 23.2. The Kier molecular flexibility index (Phi) is 8.72. The quantitative estimate of drug-likeness (QED) is 0.262. The van der Waals surface area contributed by atoms with Crippen molar-refractivity contribution in [1.29, 1.82) is 0 Å². The highest BCUT2D eigenvalue weighted by Gasteiger charge is 2.25. The molecule has 0 N–H and O–H groups in total. The molecule has 4 rings (SSSR count). The molecule has 202 valence electrons. The van der Waals surface area contributed by atoms with Crippen LogP contribution in [0, 0.1) is 13.8 Å². The zero-order chi connectivity index (χ0) is 27.4. The molecule has 1 aliphatic heterocycles. The van der Waals surface area contributed by atoms with Crippen LogP contribution in [0.4, 0.5) is 0 Å². The van der Waals surface area contributed by atoms with Gasteiger partial charge in [0.15, 0.2) is 6.61 Å². The van der Waals surface area contributed by atoms with Crippen molar-refractivity contribution < 1.29 is 27.5 Å². The van der Waals surface area contributed by atoms with Crippen molar-refractivity contribution in [1.82, 2.24) is 8.87 Å². The molecule has 38 heavy (non-hydrogen) atoms. The van der Waals surface area contributed by atoms with Crippen LogP contribution in [0.15, 0.2) is 59.5 Å². The molecule has 0 bridgehead atoms. The first kappa shape index (κ1) is 28.0. The number of hydrogen-bond acceptors (Lipinski definition) is 6. The molecule has 2 aromatic carbocycles. The molecule has 1 fully saturated rings. The van der Waals surface area contributed by atoms with Crippen LogP contribution in [0.2, 0.25) is 5.02 Å². The topological polar surface area (TPSA) is 94.9 Å². The first-order valence-electron chi connectivity index (χ1n) is 12.4. The average molecular weight is 559 g/mol. The van der Waals surface area contributed by atoms with E-state index in [2.05, 4.69) is 0 Å². The maximum atomic E-state index is 13.1. The molecule has 0 aliphatic carbocycles. The molecule has 2 heterocycles. The number of rotatable bonds is 10. The van der Waals surface area contributed by atoms with Crippen LogP contribution in [-0.4, -0.2) is 55.4 Å². The summed E-state index contributed by atoms with van der Waals surface area (Å²) < 4.78 is 40.5. The summed E-state index contributed by atoms with van der Waals surface area (Å²) in [4.78, 5) is 25.7. The molecule has 8 nitrogen and oxygen atoms in total. The molecule has 0 radical (unpaired) electrons. The Balaban J connectivity index is 1.45. The maximum absolute atomic E-state index is 13.1. The Hall–Kier alpha value is -2.98. The Morgan fingerprint density at radius 2 is 1.84 bits per heavy atom. The fourth-order valence-electron chi connectivity index (χ4n) is 4.57. The van der Waals surface area contributed by atoms with E-state index in [9.17, 15) is 18.0 Å². The molecule has 0 unspecified atom stereocenters. The van der Waals surface area contributed by atoms with Crippen molar-refractivity contribution in [3.63, 3.8) is 0 Å². The zero-order valence-electron chi connectivity index (χ0n) is 21.6. The van der Waals surface area contributed by atoms with Crippen molar-refractivity contribution in [2.75, 3.05) is 20.3 Å². The van der Waals surface area contributed by atoms with Gasteiger partial charge in [-0.15, -0.1) is 0 Å². The second kappa shape index (κ2) is 11.8. The standard InChI is InChI=1S/C28H31ClN2O6S/c1-19-14-24(20(2)31(19)17-22-10-7-13-36-22)27(32)18-37-28(33)25-15-23(11-12-26(25)29)38(34,35)30(3)16-21-8-5-4-6-9-21/h4-6,8-9,11-12,14-15,22H,7,10,13,16-18H2,1-3H3/t22-/m0/s1. The number of esters is 1. The third kappa shape index (κ3) is 6.18. The summed E-state index contributed by atoms with van der Waals surface area (Å²) in [6.45, 7) is 4.86. The van der Waals surface area contributed by atoms with Gasteiger partial charge < -0.3 is 14.0 Å². The van der Waals surface area contributed by atoms with Gasteiger partial charge in [-0.25, -0.2) is 13.2 Å². The summed E-state index contributed by atoms with van der Waals surface area (Å²) in [7, 11) is -2.45. The van der Waals surface area contributed by atoms with Gasteiger partial charge in [0.2, 0.25) is 15.8 Å². The van der Waals surface area contributed by atoms with Crippen LogP contribution in [0.3, 0.4) is 0 Å². The van der Waals surface area contributed by atoms with Gasteiger partial charge in [-0.2, -0.15) is 4.31 Å². The number of ketones is 1. The number of ether oxygens (including phenoxy) is 2. The number of aryl methyl sites for hydroxylation is 1. The Labute approximate surface area is 228 Å². The van der Waals surface area contributed by atoms with E-state index in [1.807, 2.05) is 48.7 Å². The Morgan fingerprint density at radius 3 is 2.53 bits per heavy atom. The Bertz CT molecular complexity index is 1430. The van der Waals surface area contributed by atoms with Gasteiger partial charge in [0.25, 0.3) is 0 Å². The fraction of sp³-hybridized carbons (Fsp3) is 0.357. The highest BCUT2D eigenvalue weighted by atomic mass is 35.5. The molecule has 3 aromatic rings. The summed E-state index contributed by atoms with van der Waals surface area (Å²) in [5.41, 5.74) is 2.87. The van der Waals surface area contributed by atoms with Crippen molar-refractivity contribution >= 4 is 33.4 Å². The summed E-state index contributed by atoms with van der Waals surface area (Å²) >= 11 is 6.20.